The Morgan fingerprint density at radius 1 is 1.33 bits per heavy atom. The van der Waals surface area contributed by atoms with Crippen molar-refractivity contribution in [3.05, 3.63) is 29.1 Å². The molecule has 1 aliphatic carbocycles. The summed E-state index contributed by atoms with van der Waals surface area (Å²) < 4.78 is 40.1. The van der Waals surface area contributed by atoms with Crippen LogP contribution in [0.1, 0.15) is 44.7 Å². The van der Waals surface area contributed by atoms with Gasteiger partial charge in [0.1, 0.15) is 5.82 Å². The maximum absolute atomic E-state index is 14.0. The van der Waals surface area contributed by atoms with E-state index in [1.807, 2.05) is 20.8 Å². The second-order valence-corrected chi connectivity index (χ2v) is 8.70. The molecule has 0 heterocycles. The van der Waals surface area contributed by atoms with Gasteiger partial charge in [-0.3, -0.25) is 4.31 Å². The zero-order chi connectivity index (χ0) is 16.0. The standard InChI is InChI=1S/C16H20FNO2S/c1-6-11-9-15(13(10-14(11)17)16(2,3)4)18(5)21(19,20)12-7-8-12/h1,9-10,12H,7-8H2,2-5H3. The monoisotopic (exact) mass is 309 g/mol. The third-order valence-electron chi connectivity index (χ3n) is 3.72. The molecular weight excluding hydrogens is 289 g/mol. The topological polar surface area (TPSA) is 37.4 Å². The Kier molecular flexibility index (Phi) is 3.79. The zero-order valence-electron chi connectivity index (χ0n) is 12.8. The predicted molar refractivity (Wildman–Crippen MR) is 83.4 cm³/mol. The Labute approximate surface area is 126 Å². The van der Waals surface area contributed by atoms with Gasteiger partial charge >= 0.3 is 0 Å². The number of benzene rings is 1. The summed E-state index contributed by atoms with van der Waals surface area (Å²) >= 11 is 0. The second kappa shape index (κ2) is 5.03. The molecule has 1 aliphatic rings. The van der Waals surface area contributed by atoms with Crippen LogP contribution in [0.15, 0.2) is 12.1 Å². The molecule has 0 radical (unpaired) electrons. The van der Waals surface area contributed by atoms with Crippen molar-refractivity contribution in [2.24, 2.45) is 0 Å². The Morgan fingerprint density at radius 2 is 1.90 bits per heavy atom. The van der Waals surface area contributed by atoms with Gasteiger partial charge in [-0.05, 0) is 36.0 Å². The number of terminal acetylenes is 1. The van der Waals surface area contributed by atoms with E-state index in [4.69, 9.17) is 6.42 Å². The molecular formula is C16H20FNO2S. The van der Waals surface area contributed by atoms with E-state index >= 15 is 0 Å². The van der Waals surface area contributed by atoms with Crippen LogP contribution >= 0.6 is 0 Å². The summed E-state index contributed by atoms with van der Waals surface area (Å²) in [5.74, 6) is 1.77. The number of hydrogen-bond donors (Lipinski definition) is 0. The van der Waals surface area contributed by atoms with E-state index in [2.05, 4.69) is 5.92 Å². The van der Waals surface area contributed by atoms with Crippen molar-refractivity contribution in [1.29, 1.82) is 0 Å². The van der Waals surface area contributed by atoms with Crippen LogP contribution in [0.25, 0.3) is 0 Å². The minimum Gasteiger partial charge on any atom is -0.273 e. The number of nitrogens with zero attached hydrogens (tertiary/aromatic N) is 1. The summed E-state index contributed by atoms with van der Waals surface area (Å²) in [4.78, 5) is 0. The van der Waals surface area contributed by atoms with Gasteiger partial charge in [-0.2, -0.15) is 0 Å². The third kappa shape index (κ3) is 2.91. The van der Waals surface area contributed by atoms with Gasteiger partial charge < -0.3 is 0 Å². The molecule has 1 fully saturated rings. The molecule has 0 N–H and O–H groups in total. The summed E-state index contributed by atoms with van der Waals surface area (Å²) in [7, 11) is -1.89. The van der Waals surface area contributed by atoms with Crippen molar-refractivity contribution in [2.75, 3.05) is 11.4 Å². The van der Waals surface area contributed by atoms with Crippen LogP contribution in [0.4, 0.5) is 10.1 Å². The van der Waals surface area contributed by atoms with Crippen molar-refractivity contribution in [3.63, 3.8) is 0 Å². The lowest BCUT2D eigenvalue weighted by atomic mass is 9.85. The molecule has 1 aromatic rings. The van der Waals surface area contributed by atoms with Crippen LogP contribution in [0.3, 0.4) is 0 Å². The molecule has 1 saturated carbocycles. The Hall–Kier alpha value is -1.54. The number of rotatable bonds is 3. The molecule has 0 saturated heterocycles. The SMILES string of the molecule is C#Cc1cc(N(C)S(=O)(=O)C2CC2)c(C(C)(C)C)cc1F. The average Bonchev–Trinajstić information content (AvgIpc) is 3.21. The van der Waals surface area contributed by atoms with Gasteiger partial charge in [-0.1, -0.05) is 26.7 Å². The summed E-state index contributed by atoms with van der Waals surface area (Å²) in [5, 5.41) is -0.324. The smallest absolute Gasteiger partial charge is 0.237 e. The number of sulfonamides is 1. The maximum atomic E-state index is 14.0. The van der Waals surface area contributed by atoms with Gasteiger partial charge in [0.05, 0.1) is 16.5 Å². The summed E-state index contributed by atoms with van der Waals surface area (Å²) in [6, 6.07) is 2.80. The number of anilines is 1. The molecule has 0 unspecified atom stereocenters. The quantitative estimate of drug-likeness (QED) is 0.805. The normalized spacial score (nSPS) is 15.6. The van der Waals surface area contributed by atoms with E-state index in [1.54, 1.807) is 0 Å². The molecule has 5 heteroatoms. The van der Waals surface area contributed by atoms with E-state index in [9.17, 15) is 12.8 Å². The van der Waals surface area contributed by atoms with Gasteiger partial charge in [0, 0.05) is 7.05 Å². The highest BCUT2D eigenvalue weighted by molar-refractivity contribution is 7.93. The van der Waals surface area contributed by atoms with Crippen molar-refractivity contribution in [3.8, 4) is 12.3 Å². The summed E-state index contributed by atoms with van der Waals surface area (Å²) in [5.41, 5.74) is 0.779. The van der Waals surface area contributed by atoms with Crippen LogP contribution in [0, 0.1) is 18.2 Å². The molecule has 0 atom stereocenters. The van der Waals surface area contributed by atoms with Crippen molar-refractivity contribution >= 4 is 15.7 Å². The van der Waals surface area contributed by atoms with E-state index in [1.165, 1.54) is 23.5 Å². The lowest BCUT2D eigenvalue weighted by Crippen LogP contribution is -2.32. The second-order valence-electron chi connectivity index (χ2n) is 6.46. The highest BCUT2D eigenvalue weighted by atomic mass is 32.2. The molecule has 2 rings (SSSR count). The first-order chi connectivity index (χ1) is 9.59. The molecule has 0 aliphatic heterocycles. The maximum Gasteiger partial charge on any atom is 0.237 e. The first-order valence-corrected chi connectivity index (χ1v) is 8.37. The van der Waals surface area contributed by atoms with Crippen LogP contribution in [0.5, 0.6) is 0 Å². The van der Waals surface area contributed by atoms with E-state index < -0.39 is 21.3 Å². The van der Waals surface area contributed by atoms with Crippen LogP contribution in [-0.2, 0) is 15.4 Å². The molecule has 0 bridgehead atoms. The lowest BCUT2D eigenvalue weighted by molar-refractivity contribution is 0.569. The highest BCUT2D eigenvalue weighted by Crippen LogP contribution is 2.38. The zero-order valence-corrected chi connectivity index (χ0v) is 13.6. The van der Waals surface area contributed by atoms with E-state index in [-0.39, 0.29) is 10.8 Å². The first kappa shape index (κ1) is 15.8. The first-order valence-electron chi connectivity index (χ1n) is 6.87. The highest BCUT2D eigenvalue weighted by Gasteiger charge is 2.40. The summed E-state index contributed by atoms with van der Waals surface area (Å²) in [6.45, 7) is 5.75. The fraction of sp³-hybridized carbons (Fsp3) is 0.500. The van der Waals surface area contributed by atoms with Gasteiger partial charge in [0.15, 0.2) is 0 Å². The molecule has 0 aromatic heterocycles. The fourth-order valence-electron chi connectivity index (χ4n) is 2.26. The van der Waals surface area contributed by atoms with Gasteiger partial charge in [0.25, 0.3) is 0 Å². The minimum absolute atomic E-state index is 0.0795. The largest absolute Gasteiger partial charge is 0.273 e. The number of halogens is 1. The van der Waals surface area contributed by atoms with E-state index in [0.29, 0.717) is 24.1 Å². The van der Waals surface area contributed by atoms with Gasteiger partial charge in [0.2, 0.25) is 10.0 Å². The van der Waals surface area contributed by atoms with Crippen LogP contribution in [-0.4, -0.2) is 20.7 Å². The minimum atomic E-state index is -3.40. The Balaban J connectivity index is 2.63. The fourth-order valence-corrected chi connectivity index (χ4v) is 3.86. The van der Waals surface area contributed by atoms with Crippen LogP contribution < -0.4 is 4.31 Å². The van der Waals surface area contributed by atoms with Gasteiger partial charge in [-0.25, -0.2) is 12.8 Å². The van der Waals surface area contributed by atoms with Crippen molar-refractivity contribution in [2.45, 2.75) is 44.3 Å². The van der Waals surface area contributed by atoms with Gasteiger partial charge in [-0.15, -0.1) is 6.42 Å². The molecule has 0 spiro atoms. The Bertz CT molecular complexity index is 707. The van der Waals surface area contributed by atoms with Crippen molar-refractivity contribution < 1.29 is 12.8 Å². The molecule has 21 heavy (non-hydrogen) atoms. The predicted octanol–water partition coefficient (Wildman–Crippen LogP) is 3.03. The van der Waals surface area contributed by atoms with Crippen molar-refractivity contribution in [1.82, 2.24) is 0 Å². The molecule has 0 amide bonds. The lowest BCUT2D eigenvalue weighted by Gasteiger charge is -2.29. The number of hydrogen-bond acceptors (Lipinski definition) is 2. The molecule has 3 nitrogen and oxygen atoms in total. The van der Waals surface area contributed by atoms with E-state index in [0.717, 1.165) is 0 Å². The summed E-state index contributed by atoms with van der Waals surface area (Å²) in [6.07, 6.45) is 6.66. The Morgan fingerprint density at radius 3 is 2.33 bits per heavy atom. The third-order valence-corrected chi connectivity index (χ3v) is 5.99. The molecule has 114 valence electrons. The average molecular weight is 309 g/mol. The molecule has 1 aromatic carbocycles. The van der Waals surface area contributed by atoms with Crippen LogP contribution in [0.2, 0.25) is 0 Å².